The third-order valence-electron chi connectivity index (χ3n) is 3.45. The highest BCUT2D eigenvalue weighted by molar-refractivity contribution is 5.94. The van der Waals surface area contributed by atoms with Crippen LogP contribution < -0.4 is 0 Å². The fraction of sp³-hybridized carbons (Fsp3) is 0.500. The second-order valence-corrected chi connectivity index (χ2v) is 4.97. The molecule has 1 saturated heterocycles. The van der Waals surface area contributed by atoms with Crippen LogP contribution in [0.5, 0.6) is 5.75 Å². The molecule has 1 amide bonds. The van der Waals surface area contributed by atoms with Crippen LogP contribution in [0.25, 0.3) is 0 Å². The molecule has 1 heterocycles. The van der Waals surface area contributed by atoms with Gasteiger partial charge >= 0.3 is 0 Å². The standard InChI is InChI=1S/C14H20N2O2/c1-11(2)15-7-9-16(10-8-15)14(18)12-3-5-13(17)6-4-12/h3-6,11,17H,7-10H2,1-2H3. The predicted octanol–water partition coefficient (Wildman–Crippen LogP) is 1.56. The van der Waals surface area contributed by atoms with Gasteiger partial charge in [-0.15, -0.1) is 0 Å². The van der Waals surface area contributed by atoms with Gasteiger partial charge < -0.3 is 10.0 Å². The van der Waals surface area contributed by atoms with E-state index in [0.717, 1.165) is 26.2 Å². The zero-order valence-electron chi connectivity index (χ0n) is 11.0. The van der Waals surface area contributed by atoms with Crippen molar-refractivity contribution in [3.05, 3.63) is 29.8 Å². The average Bonchev–Trinajstić information content (AvgIpc) is 2.39. The quantitative estimate of drug-likeness (QED) is 0.863. The Morgan fingerprint density at radius 1 is 1.11 bits per heavy atom. The number of benzene rings is 1. The molecule has 1 aliphatic rings. The number of hydrogen-bond acceptors (Lipinski definition) is 3. The molecular weight excluding hydrogens is 228 g/mol. The molecular formula is C14H20N2O2. The van der Waals surface area contributed by atoms with E-state index in [1.54, 1.807) is 24.3 Å². The van der Waals surface area contributed by atoms with E-state index >= 15 is 0 Å². The zero-order chi connectivity index (χ0) is 13.1. The van der Waals surface area contributed by atoms with E-state index in [-0.39, 0.29) is 11.7 Å². The molecule has 18 heavy (non-hydrogen) atoms. The first kappa shape index (κ1) is 12.9. The van der Waals surface area contributed by atoms with Gasteiger partial charge in [-0.25, -0.2) is 0 Å². The number of phenols is 1. The van der Waals surface area contributed by atoms with E-state index < -0.39 is 0 Å². The molecule has 0 atom stereocenters. The summed E-state index contributed by atoms with van der Waals surface area (Å²) in [6, 6.07) is 6.99. The Morgan fingerprint density at radius 2 is 1.67 bits per heavy atom. The van der Waals surface area contributed by atoms with Crippen LogP contribution in [-0.4, -0.2) is 53.0 Å². The number of rotatable bonds is 2. The summed E-state index contributed by atoms with van der Waals surface area (Å²) in [7, 11) is 0. The van der Waals surface area contributed by atoms with Gasteiger partial charge in [0.1, 0.15) is 5.75 Å². The molecule has 98 valence electrons. The monoisotopic (exact) mass is 248 g/mol. The van der Waals surface area contributed by atoms with Gasteiger partial charge in [-0.05, 0) is 38.1 Å². The van der Waals surface area contributed by atoms with Gasteiger partial charge in [-0.2, -0.15) is 0 Å². The third kappa shape index (κ3) is 2.82. The van der Waals surface area contributed by atoms with Crippen molar-refractivity contribution in [3.63, 3.8) is 0 Å². The number of piperazine rings is 1. The van der Waals surface area contributed by atoms with E-state index in [4.69, 9.17) is 0 Å². The van der Waals surface area contributed by atoms with E-state index in [1.165, 1.54) is 0 Å². The molecule has 1 N–H and O–H groups in total. The van der Waals surface area contributed by atoms with E-state index in [0.29, 0.717) is 11.6 Å². The van der Waals surface area contributed by atoms with Crippen molar-refractivity contribution in [2.24, 2.45) is 0 Å². The van der Waals surface area contributed by atoms with Gasteiger partial charge in [0.2, 0.25) is 0 Å². The van der Waals surface area contributed by atoms with Crippen LogP contribution in [0.1, 0.15) is 24.2 Å². The molecule has 0 aromatic heterocycles. The molecule has 1 aromatic carbocycles. The van der Waals surface area contributed by atoms with Crippen molar-refractivity contribution in [3.8, 4) is 5.75 Å². The van der Waals surface area contributed by atoms with Crippen LogP contribution >= 0.6 is 0 Å². The molecule has 0 unspecified atom stereocenters. The summed E-state index contributed by atoms with van der Waals surface area (Å²) in [6.45, 7) is 7.77. The third-order valence-corrected chi connectivity index (χ3v) is 3.45. The van der Waals surface area contributed by atoms with Crippen molar-refractivity contribution in [1.82, 2.24) is 9.80 Å². The summed E-state index contributed by atoms with van der Waals surface area (Å²) in [5, 5.41) is 9.21. The molecule has 0 spiro atoms. The number of hydrogen-bond donors (Lipinski definition) is 1. The molecule has 4 nitrogen and oxygen atoms in total. The summed E-state index contributed by atoms with van der Waals surface area (Å²) in [5.41, 5.74) is 0.644. The lowest BCUT2D eigenvalue weighted by atomic mass is 10.1. The zero-order valence-corrected chi connectivity index (χ0v) is 11.0. The number of carbonyl (C=O) groups excluding carboxylic acids is 1. The van der Waals surface area contributed by atoms with E-state index in [9.17, 15) is 9.90 Å². The van der Waals surface area contributed by atoms with Crippen molar-refractivity contribution in [2.45, 2.75) is 19.9 Å². The molecule has 1 aliphatic heterocycles. The fourth-order valence-corrected chi connectivity index (χ4v) is 2.23. The smallest absolute Gasteiger partial charge is 0.253 e. The van der Waals surface area contributed by atoms with Crippen LogP contribution in [0.4, 0.5) is 0 Å². The van der Waals surface area contributed by atoms with Gasteiger partial charge in [0.15, 0.2) is 0 Å². The second-order valence-electron chi connectivity index (χ2n) is 4.97. The maximum absolute atomic E-state index is 12.2. The van der Waals surface area contributed by atoms with Crippen LogP contribution in [-0.2, 0) is 0 Å². The normalized spacial score (nSPS) is 17.2. The Bertz CT molecular complexity index is 406. The highest BCUT2D eigenvalue weighted by atomic mass is 16.3. The van der Waals surface area contributed by atoms with Crippen molar-refractivity contribution >= 4 is 5.91 Å². The van der Waals surface area contributed by atoms with E-state index in [1.807, 2.05) is 4.90 Å². The topological polar surface area (TPSA) is 43.8 Å². The van der Waals surface area contributed by atoms with Crippen LogP contribution in [0.15, 0.2) is 24.3 Å². The van der Waals surface area contributed by atoms with Crippen molar-refractivity contribution < 1.29 is 9.90 Å². The van der Waals surface area contributed by atoms with Crippen LogP contribution in [0, 0.1) is 0 Å². The Hall–Kier alpha value is -1.55. The van der Waals surface area contributed by atoms with Gasteiger partial charge in [0.25, 0.3) is 5.91 Å². The van der Waals surface area contributed by atoms with Gasteiger partial charge in [-0.3, -0.25) is 9.69 Å². The van der Waals surface area contributed by atoms with Gasteiger partial charge in [0, 0.05) is 37.8 Å². The lowest BCUT2D eigenvalue weighted by molar-refractivity contribution is 0.0595. The van der Waals surface area contributed by atoms with Crippen molar-refractivity contribution in [2.75, 3.05) is 26.2 Å². The molecule has 2 rings (SSSR count). The number of aromatic hydroxyl groups is 1. The SMILES string of the molecule is CC(C)N1CCN(C(=O)c2ccc(O)cc2)CC1. The molecule has 0 saturated carbocycles. The lowest BCUT2D eigenvalue weighted by Crippen LogP contribution is -2.50. The Morgan fingerprint density at radius 3 is 2.17 bits per heavy atom. The lowest BCUT2D eigenvalue weighted by Gasteiger charge is -2.36. The minimum atomic E-state index is 0.0541. The summed E-state index contributed by atoms with van der Waals surface area (Å²) >= 11 is 0. The minimum Gasteiger partial charge on any atom is -0.508 e. The maximum Gasteiger partial charge on any atom is 0.253 e. The summed E-state index contributed by atoms with van der Waals surface area (Å²) in [6.07, 6.45) is 0. The van der Waals surface area contributed by atoms with Gasteiger partial charge in [0.05, 0.1) is 0 Å². The Balaban J connectivity index is 1.97. The van der Waals surface area contributed by atoms with Crippen LogP contribution in [0.2, 0.25) is 0 Å². The minimum absolute atomic E-state index is 0.0541. The summed E-state index contributed by atoms with van der Waals surface area (Å²) < 4.78 is 0. The maximum atomic E-state index is 12.2. The molecule has 0 bridgehead atoms. The molecule has 0 radical (unpaired) electrons. The average molecular weight is 248 g/mol. The van der Waals surface area contributed by atoms with Crippen molar-refractivity contribution in [1.29, 1.82) is 0 Å². The number of amides is 1. The van der Waals surface area contributed by atoms with E-state index in [2.05, 4.69) is 18.7 Å². The largest absolute Gasteiger partial charge is 0.508 e. The first-order valence-electron chi connectivity index (χ1n) is 6.40. The highest BCUT2D eigenvalue weighted by Crippen LogP contribution is 2.14. The summed E-state index contributed by atoms with van der Waals surface area (Å²) in [5.74, 6) is 0.245. The first-order chi connectivity index (χ1) is 8.58. The Labute approximate surface area is 108 Å². The molecule has 1 aromatic rings. The summed E-state index contributed by atoms with van der Waals surface area (Å²) in [4.78, 5) is 16.5. The fourth-order valence-electron chi connectivity index (χ4n) is 2.23. The number of phenolic OH excluding ortho intramolecular Hbond substituents is 1. The molecule has 1 fully saturated rings. The Kier molecular flexibility index (Phi) is 3.87. The molecule has 0 aliphatic carbocycles. The van der Waals surface area contributed by atoms with Crippen LogP contribution in [0.3, 0.4) is 0 Å². The second kappa shape index (κ2) is 5.40. The number of nitrogens with zero attached hydrogens (tertiary/aromatic N) is 2. The molecule has 4 heteroatoms. The highest BCUT2D eigenvalue weighted by Gasteiger charge is 2.23. The first-order valence-corrected chi connectivity index (χ1v) is 6.40. The predicted molar refractivity (Wildman–Crippen MR) is 70.7 cm³/mol. The number of carbonyl (C=O) groups is 1. The van der Waals surface area contributed by atoms with Gasteiger partial charge in [-0.1, -0.05) is 0 Å².